The number of amides is 1. The molecule has 0 aliphatic carbocycles. The Kier molecular flexibility index (Phi) is 6.39. The standard InChI is InChI=1S/C15H24N4O3/c1-3-4-15(20)19-9-7-18(8-10-19)13-5-6-14(17-16-13)22-12-11-21-2/h5-6H,3-4,7-12H2,1-2H3. The van der Waals surface area contributed by atoms with E-state index in [1.165, 1.54) is 0 Å². The minimum Gasteiger partial charge on any atom is -0.474 e. The van der Waals surface area contributed by atoms with Crippen molar-refractivity contribution in [3.8, 4) is 5.88 Å². The molecular formula is C15H24N4O3. The molecule has 1 aromatic heterocycles. The Morgan fingerprint density at radius 1 is 1.18 bits per heavy atom. The summed E-state index contributed by atoms with van der Waals surface area (Å²) < 4.78 is 10.3. The number of carbonyl (C=O) groups excluding carboxylic acids is 1. The second kappa shape index (κ2) is 8.53. The highest BCUT2D eigenvalue weighted by Gasteiger charge is 2.21. The second-order valence-electron chi connectivity index (χ2n) is 5.19. The third kappa shape index (κ3) is 4.56. The monoisotopic (exact) mass is 308 g/mol. The smallest absolute Gasteiger partial charge is 0.233 e. The Labute approximate surface area is 131 Å². The van der Waals surface area contributed by atoms with Crippen LogP contribution in [0.3, 0.4) is 0 Å². The van der Waals surface area contributed by atoms with E-state index in [0.717, 1.165) is 38.4 Å². The van der Waals surface area contributed by atoms with E-state index in [1.54, 1.807) is 7.11 Å². The van der Waals surface area contributed by atoms with Crippen LogP contribution >= 0.6 is 0 Å². The molecule has 0 radical (unpaired) electrons. The molecule has 1 saturated heterocycles. The lowest BCUT2D eigenvalue weighted by Crippen LogP contribution is -2.49. The molecule has 7 nitrogen and oxygen atoms in total. The first-order chi connectivity index (χ1) is 10.7. The van der Waals surface area contributed by atoms with Gasteiger partial charge in [0.1, 0.15) is 6.61 Å². The third-order valence-electron chi connectivity index (χ3n) is 3.58. The van der Waals surface area contributed by atoms with Crippen LogP contribution in [0.5, 0.6) is 5.88 Å². The van der Waals surface area contributed by atoms with E-state index in [4.69, 9.17) is 9.47 Å². The van der Waals surface area contributed by atoms with Gasteiger partial charge < -0.3 is 19.3 Å². The van der Waals surface area contributed by atoms with Gasteiger partial charge in [-0.1, -0.05) is 6.92 Å². The maximum absolute atomic E-state index is 11.9. The molecule has 0 N–H and O–H groups in total. The number of ether oxygens (including phenoxy) is 2. The van der Waals surface area contributed by atoms with Crippen molar-refractivity contribution in [2.45, 2.75) is 19.8 Å². The summed E-state index contributed by atoms with van der Waals surface area (Å²) in [5, 5.41) is 8.25. The van der Waals surface area contributed by atoms with E-state index >= 15 is 0 Å². The number of anilines is 1. The molecule has 1 fully saturated rings. The molecule has 1 aliphatic heterocycles. The Morgan fingerprint density at radius 2 is 1.95 bits per heavy atom. The van der Waals surface area contributed by atoms with Crippen molar-refractivity contribution in [1.82, 2.24) is 15.1 Å². The highest BCUT2D eigenvalue weighted by atomic mass is 16.5. The summed E-state index contributed by atoms with van der Waals surface area (Å²) in [6.45, 7) is 6.07. The fourth-order valence-corrected chi connectivity index (χ4v) is 2.35. The molecule has 1 amide bonds. The molecule has 2 heterocycles. The second-order valence-corrected chi connectivity index (χ2v) is 5.19. The van der Waals surface area contributed by atoms with Gasteiger partial charge >= 0.3 is 0 Å². The van der Waals surface area contributed by atoms with Crippen molar-refractivity contribution < 1.29 is 14.3 Å². The zero-order valence-corrected chi connectivity index (χ0v) is 13.3. The van der Waals surface area contributed by atoms with E-state index in [9.17, 15) is 4.79 Å². The van der Waals surface area contributed by atoms with Crippen LogP contribution in [0.15, 0.2) is 12.1 Å². The SMILES string of the molecule is CCCC(=O)N1CCN(c2ccc(OCCOC)nn2)CC1. The Bertz CT molecular complexity index is 458. The average molecular weight is 308 g/mol. The van der Waals surface area contributed by atoms with Crippen LogP contribution in [0.25, 0.3) is 0 Å². The Balaban J connectivity index is 1.82. The third-order valence-corrected chi connectivity index (χ3v) is 3.58. The van der Waals surface area contributed by atoms with Gasteiger partial charge in [-0.3, -0.25) is 4.79 Å². The number of hydrogen-bond acceptors (Lipinski definition) is 6. The van der Waals surface area contributed by atoms with Crippen LogP contribution in [-0.4, -0.2) is 67.5 Å². The van der Waals surface area contributed by atoms with Crippen molar-refractivity contribution >= 4 is 11.7 Å². The minimum absolute atomic E-state index is 0.245. The zero-order valence-electron chi connectivity index (χ0n) is 13.3. The van der Waals surface area contributed by atoms with Gasteiger partial charge in [0, 0.05) is 45.8 Å². The topological polar surface area (TPSA) is 67.8 Å². The van der Waals surface area contributed by atoms with Gasteiger partial charge in [-0.25, -0.2) is 0 Å². The predicted molar refractivity (Wildman–Crippen MR) is 83.1 cm³/mol. The van der Waals surface area contributed by atoms with E-state index in [2.05, 4.69) is 15.1 Å². The fraction of sp³-hybridized carbons (Fsp3) is 0.667. The van der Waals surface area contributed by atoms with Gasteiger partial charge in [-0.2, -0.15) is 0 Å². The number of piperazine rings is 1. The van der Waals surface area contributed by atoms with E-state index in [0.29, 0.717) is 25.5 Å². The van der Waals surface area contributed by atoms with Crippen molar-refractivity contribution in [1.29, 1.82) is 0 Å². The maximum Gasteiger partial charge on any atom is 0.233 e. The van der Waals surface area contributed by atoms with E-state index in [-0.39, 0.29) is 5.91 Å². The van der Waals surface area contributed by atoms with Gasteiger partial charge in [0.15, 0.2) is 5.82 Å². The lowest BCUT2D eigenvalue weighted by atomic mass is 10.2. The largest absolute Gasteiger partial charge is 0.474 e. The number of rotatable bonds is 7. The van der Waals surface area contributed by atoms with Gasteiger partial charge in [-0.15, -0.1) is 10.2 Å². The summed E-state index contributed by atoms with van der Waals surface area (Å²) in [6.07, 6.45) is 1.53. The van der Waals surface area contributed by atoms with Crippen LogP contribution in [0, 0.1) is 0 Å². The molecule has 122 valence electrons. The minimum atomic E-state index is 0.245. The molecule has 0 saturated carbocycles. The van der Waals surface area contributed by atoms with Gasteiger partial charge in [-0.05, 0) is 12.5 Å². The molecule has 0 atom stereocenters. The number of hydrogen-bond donors (Lipinski definition) is 0. The first kappa shape index (κ1) is 16.5. The molecule has 0 bridgehead atoms. The zero-order chi connectivity index (χ0) is 15.8. The summed E-state index contributed by atoms with van der Waals surface area (Å²) >= 11 is 0. The quantitative estimate of drug-likeness (QED) is 0.699. The van der Waals surface area contributed by atoms with Crippen LogP contribution in [0.2, 0.25) is 0 Å². The first-order valence-electron chi connectivity index (χ1n) is 7.72. The average Bonchev–Trinajstić information content (AvgIpc) is 2.56. The molecule has 7 heteroatoms. The lowest BCUT2D eigenvalue weighted by Gasteiger charge is -2.35. The number of methoxy groups -OCH3 is 1. The summed E-state index contributed by atoms with van der Waals surface area (Å²) in [4.78, 5) is 15.9. The number of carbonyl (C=O) groups is 1. The molecule has 0 aromatic carbocycles. The van der Waals surface area contributed by atoms with Crippen molar-refractivity contribution in [2.75, 3.05) is 51.4 Å². The summed E-state index contributed by atoms with van der Waals surface area (Å²) in [5.74, 6) is 1.56. The Hall–Kier alpha value is -1.89. The summed E-state index contributed by atoms with van der Waals surface area (Å²) in [7, 11) is 1.63. The lowest BCUT2D eigenvalue weighted by molar-refractivity contribution is -0.131. The molecule has 0 unspecified atom stereocenters. The normalized spacial score (nSPS) is 15.0. The maximum atomic E-state index is 11.9. The van der Waals surface area contributed by atoms with Crippen LogP contribution < -0.4 is 9.64 Å². The molecule has 1 aliphatic rings. The highest BCUT2D eigenvalue weighted by molar-refractivity contribution is 5.76. The number of nitrogens with zero attached hydrogens (tertiary/aromatic N) is 4. The molecule has 22 heavy (non-hydrogen) atoms. The van der Waals surface area contributed by atoms with E-state index < -0.39 is 0 Å². The molecule has 1 aromatic rings. The van der Waals surface area contributed by atoms with Gasteiger partial charge in [0.05, 0.1) is 6.61 Å². The van der Waals surface area contributed by atoms with Crippen LogP contribution in [0.4, 0.5) is 5.82 Å². The number of aromatic nitrogens is 2. The highest BCUT2D eigenvalue weighted by Crippen LogP contribution is 2.15. The summed E-state index contributed by atoms with van der Waals surface area (Å²) in [5.41, 5.74) is 0. The molecule has 2 rings (SSSR count). The fourth-order valence-electron chi connectivity index (χ4n) is 2.35. The van der Waals surface area contributed by atoms with Gasteiger partial charge in [0.25, 0.3) is 0 Å². The summed E-state index contributed by atoms with van der Waals surface area (Å²) in [6, 6.07) is 3.71. The van der Waals surface area contributed by atoms with Crippen molar-refractivity contribution in [3.63, 3.8) is 0 Å². The first-order valence-corrected chi connectivity index (χ1v) is 7.72. The van der Waals surface area contributed by atoms with Crippen LogP contribution in [-0.2, 0) is 9.53 Å². The van der Waals surface area contributed by atoms with Crippen LogP contribution in [0.1, 0.15) is 19.8 Å². The van der Waals surface area contributed by atoms with E-state index in [1.807, 2.05) is 24.0 Å². The van der Waals surface area contributed by atoms with Crippen molar-refractivity contribution in [3.05, 3.63) is 12.1 Å². The van der Waals surface area contributed by atoms with Gasteiger partial charge in [0.2, 0.25) is 11.8 Å². The Morgan fingerprint density at radius 3 is 2.55 bits per heavy atom. The van der Waals surface area contributed by atoms with Crippen molar-refractivity contribution in [2.24, 2.45) is 0 Å². The molecular weight excluding hydrogens is 284 g/mol. The molecule has 0 spiro atoms. The predicted octanol–water partition coefficient (Wildman–Crippen LogP) is 0.950.